The number of nitrogen functional groups attached to an aromatic ring is 1. The molecule has 16 heavy (non-hydrogen) atoms. The number of nitrogens with one attached hydrogen (secondary N) is 1. The molecular formula is C12H19N3O. The number of anilines is 2. The summed E-state index contributed by atoms with van der Waals surface area (Å²) in [6.07, 6.45) is 6.53. The van der Waals surface area contributed by atoms with Gasteiger partial charge in [0.15, 0.2) is 5.82 Å². The van der Waals surface area contributed by atoms with Gasteiger partial charge in [-0.1, -0.05) is 26.2 Å². The van der Waals surface area contributed by atoms with E-state index in [1.54, 1.807) is 18.3 Å². The highest BCUT2D eigenvalue weighted by atomic mass is 16.1. The minimum absolute atomic E-state index is 0.0125. The summed E-state index contributed by atoms with van der Waals surface area (Å²) in [5.41, 5.74) is 6.17. The van der Waals surface area contributed by atoms with Crippen LogP contribution in [0.1, 0.15) is 39.0 Å². The van der Waals surface area contributed by atoms with E-state index < -0.39 is 0 Å². The van der Waals surface area contributed by atoms with Gasteiger partial charge in [0.25, 0.3) is 0 Å². The van der Waals surface area contributed by atoms with Crippen molar-refractivity contribution < 1.29 is 4.79 Å². The third-order valence-electron chi connectivity index (χ3n) is 2.35. The van der Waals surface area contributed by atoms with Gasteiger partial charge in [0.2, 0.25) is 5.91 Å². The van der Waals surface area contributed by atoms with E-state index in [1.165, 1.54) is 12.8 Å². The standard InChI is InChI=1S/C12H19N3O/c1-2-3-4-5-8-11(16)15-12-10(13)7-6-9-14-12/h6-7,9H,2-5,8,13H2,1H3,(H,14,15,16). The molecule has 88 valence electrons. The molecule has 4 nitrogen and oxygen atoms in total. The van der Waals surface area contributed by atoms with E-state index >= 15 is 0 Å². The van der Waals surface area contributed by atoms with Gasteiger partial charge in [0, 0.05) is 12.6 Å². The van der Waals surface area contributed by atoms with Crippen LogP contribution in [-0.2, 0) is 4.79 Å². The van der Waals surface area contributed by atoms with Gasteiger partial charge >= 0.3 is 0 Å². The number of carbonyl (C=O) groups excluding carboxylic acids is 1. The van der Waals surface area contributed by atoms with Crippen molar-refractivity contribution in [3.63, 3.8) is 0 Å². The molecule has 0 unspecified atom stereocenters. The lowest BCUT2D eigenvalue weighted by molar-refractivity contribution is -0.116. The molecule has 0 radical (unpaired) electrons. The van der Waals surface area contributed by atoms with Crippen LogP contribution in [0.4, 0.5) is 11.5 Å². The van der Waals surface area contributed by atoms with E-state index in [4.69, 9.17) is 5.73 Å². The number of unbranched alkanes of at least 4 members (excludes halogenated alkanes) is 3. The SMILES string of the molecule is CCCCCCC(=O)Nc1ncccc1N. The van der Waals surface area contributed by atoms with Crippen molar-refractivity contribution in [3.05, 3.63) is 18.3 Å². The number of amides is 1. The van der Waals surface area contributed by atoms with E-state index in [9.17, 15) is 4.79 Å². The average molecular weight is 221 g/mol. The number of hydrogen-bond acceptors (Lipinski definition) is 3. The highest BCUT2D eigenvalue weighted by Gasteiger charge is 2.04. The fourth-order valence-electron chi connectivity index (χ4n) is 1.43. The van der Waals surface area contributed by atoms with Gasteiger partial charge in [0.1, 0.15) is 0 Å². The maximum absolute atomic E-state index is 11.5. The molecule has 0 bridgehead atoms. The zero-order valence-corrected chi connectivity index (χ0v) is 9.70. The summed E-state index contributed by atoms with van der Waals surface area (Å²) in [4.78, 5) is 15.5. The number of nitrogens with zero attached hydrogens (tertiary/aromatic N) is 1. The van der Waals surface area contributed by atoms with Gasteiger partial charge in [-0.05, 0) is 18.6 Å². The molecule has 0 aromatic carbocycles. The molecular weight excluding hydrogens is 202 g/mol. The molecule has 3 N–H and O–H groups in total. The number of aromatic nitrogens is 1. The Morgan fingerprint density at radius 2 is 2.25 bits per heavy atom. The molecule has 1 rings (SSSR count). The number of nitrogens with two attached hydrogens (primary N) is 1. The van der Waals surface area contributed by atoms with E-state index in [-0.39, 0.29) is 5.91 Å². The summed E-state index contributed by atoms with van der Waals surface area (Å²) < 4.78 is 0. The topological polar surface area (TPSA) is 68.0 Å². The second-order valence-corrected chi connectivity index (χ2v) is 3.80. The minimum Gasteiger partial charge on any atom is -0.396 e. The Labute approximate surface area is 96.3 Å². The first-order valence-electron chi connectivity index (χ1n) is 5.74. The first-order valence-corrected chi connectivity index (χ1v) is 5.74. The van der Waals surface area contributed by atoms with E-state index in [0.717, 1.165) is 12.8 Å². The fourth-order valence-corrected chi connectivity index (χ4v) is 1.43. The lowest BCUT2D eigenvalue weighted by Gasteiger charge is -2.06. The predicted octanol–water partition coefficient (Wildman–Crippen LogP) is 2.57. The van der Waals surface area contributed by atoms with Crippen molar-refractivity contribution in [1.82, 2.24) is 4.98 Å². The molecule has 0 fully saturated rings. The third kappa shape index (κ3) is 4.29. The summed E-state index contributed by atoms with van der Waals surface area (Å²) in [5, 5.41) is 2.71. The Morgan fingerprint density at radius 1 is 1.44 bits per heavy atom. The van der Waals surface area contributed by atoms with Crippen molar-refractivity contribution >= 4 is 17.4 Å². The molecule has 0 spiro atoms. The minimum atomic E-state index is -0.0125. The Bertz CT molecular complexity index is 339. The van der Waals surface area contributed by atoms with Crippen LogP contribution in [0.25, 0.3) is 0 Å². The maximum atomic E-state index is 11.5. The van der Waals surface area contributed by atoms with E-state index in [0.29, 0.717) is 17.9 Å². The average Bonchev–Trinajstić information content (AvgIpc) is 2.28. The van der Waals surface area contributed by atoms with Gasteiger partial charge in [0.05, 0.1) is 5.69 Å². The summed E-state index contributed by atoms with van der Waals surface area (Å²) in [6.45, 7) is 2.15. The number of carbonyl (C=O) groups is 1. The molecule has 0 saturated heterocycles. The Morgan fingerprint density at radius 3 is 2.94 bits per heavy atom. The Hall–Kier alpha value is -1.58. The van der Waals surface area contributed by atoms with E-state index in [1.807, 2.05) is 0 Å². The Balaban J connectivity index is 2.32. The molecule has 0 aliphatic carbocycles. The van der Waals surface area contributed by atoms with Crippen LogP contribution in [0.2, 0.25) is 0 Å². The molecule has 1 aromatic rings. The molecule has 1 heterocycles. The van der Waals surface area contributed by atoms with Crippen LogP contribution in [-0.4, -0.2) is 10.9 Å². The fraction of sp³-hybridized carbons (Fsp3) is 0.500. The van der Waals surface area contributed by atoms with Crippen LogP contribution in [0.3, 0.4) is 0 Å². The molecule has 1 aromatic heterocycles. The monoisotopic (exact) mass is 221 g/mol. The lowest BCUT2D eigenvalue weighted by atomic mass is 10.1. The van der Waals surface area contributed by atoms with Crippen molar-refractivity contribution in [1.29, 1.82) is 0 Å². The van der Waals surface area contributed by atoms with Crippen LogP contribution < -0.4 is 11.1 Å². The van der Waals surface area contributed by atoms with Gasteiger partial charge in [-0.3, -0.25) is 4.79 Å². The van der Waals surface area contributed by atoms with Crippen molar-refractivity contribution in [3.8, 4) is 0 Å². The summed E-state index contributed by atoms with van der Waals surface area (Å²) in [7, 11) is 0. The van der Waals surface area contributed by atoms with Crippen molar-refractivity contribution in [2.45, 2.75) is 39.0 Å². The number of rotatable bonds is 6. The number of hydrogen-bond donors (Lipinski definition) is 2. The van der Waals surface area contributed by atoms with Gasteiger partial charge in [-0.25, -0.2) is 4.98 Å². The van der Waals surface area contributed by atoms with Crippen LogP contribution in [0, 0.1) is 0 Å². The third-order valence-corrected chi connectivity index (χ3v) is 2.35. The van der Waals surface area contributed by atoms with Crippen LogP contribution >= 0.6 is 0 Å². The second-order valence-electron chi connectivity index (χ2n) is 3.80. The molecule has 4 heteroatoms. The molecule has 0 atom stereocenters. The smallest absolute Gasteiger partial charge is 0.225 e. The zero-order valence-electron chi connectivity index (χ0n) is 9.70. The first kappa shape index (κ1) is 12.5. The van der Waals surface area contributed by atoms with Crippen molar-refractivity contribution in [2.75, 3.05) is 11.1 Å². The van der Waals surface area contributed by atoms with Gasteiger partial charge in [-0.2, -0.15) is 0 Å². The van der Waals surface area contributed by atoms with Crippen molar-refractivity contribution in [2.24, 2.45) is 0 Å². The largest absolute Gasteiger partial charge is 0.396 e. The lowest BCUT2D eigenvalue weighted by Crippen LogP contribution is -2.13. The zero-order chi connectivity index (χ0) is 11.8. The Kier molecular flexibility index (Phi) is 5.32. The predicted molar refractivity (Wildman–Crippen MR) is 66.0 cm³/mol. The van der Waals surface area contributed by atoms with Gasteiger partial charge in [-0.15, -0.1) is 0 Å². The molecule has 1 amide bonds. The normalized spacial score (nSPS) is 10.1. The number of pyridine rings is 1. The first-order chi connectivity index (χ1) is 7.74. The van der Waals surface area contributed by atoms with Gasteiger partial charge < -0.3 is 11.1 Å². The summed E-state index contributed by atoms with van der Waals surface area (Å²) >= 11 is 0. The molecule has 0 aliphatic rings. The van der Waals surface area contributed by atoms with Crippen LogP contribution in [0.5, 0.6) is 0 Å². The van der Waals surface area contributed by atoms with Crippen LogP contribution in [0.15, 0.2) is 18.3 Å². The second kappa shape index (κ2) is 6.82. The molecule has 0 aliphatic heterocycles. The van der Waals surface area contributed by atoms with E-state index in [2.05, 4.69) is 17.2 Å². The molecule has 0 saturated carbocycles. The highest BCUT2D eigenvalue weighted by Crippen LogP contribution is 2.13. The highest BCUT2D eigenvalue weighted by molar-refractivity contribution is 5.92. The quantitative estimate of drug-likeness (QED) is 0.725. The maximum Gasteiger partial charge on any atom is 0.225 e. The summed E-state index contributed by atoms with van der Waals surface area (Å²) in [5.74, 6) is 0.449. The summed E-state index contributed by atoms with van der Waals surface area (Å²) in [6, 6.07) is 3.46.